The fourth-order valence-corrected chi connectivity index (χ4v) is 4.07. The normalized spacial score (nSPS) is 12.3. The molecule has 0 atom stereocenters. The maximum Gasteiger partial charge on any atom is 0.344 e. The number of thiophene rings is 1. The van der Waals surface area contributed by atoms with Crippen LogP contribution in [0.15, 0.2) is 30.3 Å². The fraction of sp³-hybridized carbons (Fsp3) is 0.278. The van der Waals surface area contributed by atoms with E-state index in [1.807, 2.05) is 6.07 Å². The van der Waals surface area contributed by atoms with Crippen molar-refractivity contribution in [2.75, 3.05) is 18.5 Å². The summed E-state index contributed by atoms with van der Waals surface area (Å²) in [5.41, 5.74) is 6.73. The van der Waals surface area contributed by atoms with E-state index in [1.165, 1.54) is 11.3 Å². The Labute approximate surface area is 154 Å². The molecule has 0 spiro atoms. The second kappa shape index (κ2) is 8.01. The third kappa shape index (κ3) is 4.20. The Morgan fingerprint density at radius 2 is 1.88 bits per heavy atom. The third-order valence-corrected chi connectivity index (χ3v) is 5.09. The van der Waals surface area contributed by atoms with Crippen molar-refractivity contribution in [1.29, 1.82) is 0 Å². The third-order valence-electron chi connectivity index (χ3n) is 3.88. The van der Waals surface area contributed by atoms with Crippen LogP contribution in [0.2, 0.25) is 0 Å². The zero-order valence-corrected chi connectivity index (χ0v) is 14.8. The summed E-state index contributed by atoms with van der Waals surface area (Å²) in [6, 6.07) is 8.81. The number of rotatable bonds is 7. The number of ether oxygens (including phenoxy) is 2. The highest BCUT2D eigenvalue weighted by atomic mass is 32.1. The van der Waals surface area contributed by atoms with E-state index in [2.05, 4.69) is 5.32 Å². The highest BCUT2D eigenvalue weighted by molar-refractivity contribution is 7.17. The van der Waals surface area contributed by atoms with E-state index >= 15 is 0 Å². The molecule has 1 aliphatic rings. The number of nitrogens with one attached hydrogen (secondary N) is 1. The molecule has 2 amide bonds. The number of nitrogens with two attached hydrogens (primary N) is 1. The van der Waals surface area contributed by atoms with Gasteiger partial charge >= 0.3 is 5.97 Å². The molecule has 1 aromatic carbocycles. The van der Waals surface area contributed by atoms with Gasteiger partial charge in [0.1, 0.15) is 10.8 Å². The fourth-order valence-electron chi connectivity index (χ4n) is 2.76. The number of hydrogen-bond donors (Lipinski definition) is 2. The molecule has 0 aliphatic heterocycles. The van der Waals surface area contributed by atoms with Gasteiger partial charge in [0.05, 0.1) is 5.56 Å². The zero-order valence-electron chi connectivity index (χ0n) is 13.9. The van der Waals surface area contributed by atoms with Crippen molar-refractivity contribution in [3.05, 3.63) is 46.3 Å². The molecule has 1 aliphatic carbocycles. The van der Waals surface area contributed by atoms with Gasteiger partial charge in [0.15, 0.2) is 13.2 Å². The van der Waals surface area contributed by atoms with E-state index in [1.54, 1.807) is 24.3 Å². The van der Waals surface area contributed by atoms with Gasteiger partial charge in [0.2, 0.25) is 0 Å². The van der Waals surface area contributed by atoms with Crippen molar-refractivity contribution in [2.45, 2.75) is 19.3 Å². The molecule has 0 radical (unpaired) electrons. The molecule has 2 aromatic rings. The molecule has 136 valence electrons. The molecule has 0 saturated carbocycles. The van der Waals surface area contributed by atoms with Gasteiger partial charge in [-0.1, -0.05) is 18.2 Å². The first-order chi connectivity index (χ1) is 12.5. The number of para-hydroxylation sites is 1. The topological polar surface area (TPSA) is 108 Å². The van der Waals surface area contributed by atoms with Crippen LogP contribution in [-0.4, -0.2) is 31.0 Å². The Bertz CT molecular complexity index is 832. The van der Waals surface area contributed by atoms with Gasteiger partial charge < -0.3 is 20.5 Å². The summed E-state index contributed by atoms with van der Waals surface area (Å²) in [6.07, 6.45) is 2.64. The van der Waals surface area contributed by atoms with Gasteiger partial charge in [-0.15, -0.1) is 11.3 Å². The number of esters is 1. The van der Waals surface area contributed by atoms with Crippen LogP contribution in [0.1, 0.15) is 27.2 Å². The Kier molecular flexibility index (Phi) is 5.52. The molecule has 1 heterocycles. The quantitative estimate of drug-likeness (QED) is 0.720. The van der Waals surface area contributed by atoms with Crippen LogP contribution in [0.4, 0.5) is 5.00 Å². The van der Waals surface area contributed by atoms with Crippen molar-refractivity contribution in [2.24, 2.45) is 5.73 Å². The lowest BCUT2D eigenvalue weighted by atomic mass is 10.1. The average molecular weight is 374 g/mol. The van der Waals surface area contributed by atoms with Crippen molar-refractivity contribution < 1.29 is 23.9 Å². The molecule has 0 bridgehead atoms. The first-order valence-electron chi connectivity index (χ1n) is 8.12. The maximum absolute atomic E-state index is 12.0. The lowest BCUT2D eigenvalue weighted by molar-refractivity contribution is -0.149. The van der Waals surface area contributed by atoms with Gasteiger partial charge in [0, 0.05) is 4.88 Å². The Morgan fingerprint density at radius 1 is 1.12 bits per heavy atom. The summed E-state index contributed by atoms with van der Waals surface area (Å²) in [5, 5.41) is 3.03. The van der Waals surface area contributed by atoms with E-state index < -0.39 is 24.4 Å². The molecular weight excluding hydrogens is 356 g/mol. The molecule has 7 nitrogen and oxygen atoms in total. The molecule has 0 saturated heterocycles. The highest BCUT2D eigenvalue weighted by Gasteiger charge is 2.26. The number of benzene rings is 1. The summed E-state index contributed by atoms with van der Waals surface area (Å²) >= 11 is 1.35. The number of amides is 2. The zero-order chi connectivity index (χ0) is 18.5. The van der Waals surface area contributed by atoms with Crippen LogP contribution in [-0.2, 0) is 27.2 Å². The number of anilines is 1. The predicted molar refractivity (Wildman–Crippen MR) is 96.4 cm³/mol. The van der Waals surface area contributed by atoms with Crippen LogP contribution >= 0.6 is 11.3 Å². The number of hydrogen-bond acceptors (Lipinski definition) is 6. The second-order valence-corrected chi connectivity index (χ2v) is 6.84. The molecule has 1 aromatic heterocycles. The average Bonchev–Trinajstić information content (AvgIpc) is 3.19. The molecule has 0 fully saturated rings. The minimum atomic E-state index is -0.659. The first-order valence-corrected chi connectivity index (χ1v) is 8.94. The molecular formula is C18H18N2O5S. The summed E-state index contributed by atoms with van der Waals surface area (Å²) < 4.78 is 10.1. The van der Waals surface area contributed by atoms with Crippen molar-refractivity contribution in [3.8, 4) is 5.75 Å². The second-order valence-electron chi connectivity index (χ2n) is 5.74. The van der Waals surface area contributed by atoms with E-state index in [-0.39, 0.29) is 6.61 Å². The molecule has 3 rings (SSSR count). The van der Waals surface area contributed by atoms with E-state index in [0.717, 1.165) is 29.7 Å². The molecule has 0 unspecified atom stereocenters. The van der Waals surface area contributed by atoms with Crippen molar-refractivity contribution in [3.63, 3.8) is 0 Å². The van der Waals surface area contributed by atoms with Gasteiger partial charge in [-0.25, -0.2) is 4.79 Å². The van der Waals surface area contributed by atoms with E-state index in [0.29, 0.717) is 16.3 Å². The number of aryl methyl sites for hydroxylation is 1. The molecule has 3 N–H and O–H groups in total. The summed E-state index contributed by atoms with van der Waals surface area (Å²) in [4.78, 5) is 36.4. The van der Waals surface area contributed by atoms with Crippen molar-refractivity contribution in [1.82, 2.24) is 0 Å². The maximum atomic E-state index is 12.0. The Morgan fingerprint density at radius 3 is 2.62 bits per heavy atom. The van der Waals surface area contributed by atoms with Crippen molar-refractivity contribution >= 4 is 34.1 Å². The van der Waals surface area contributed by atoms with Gasteiger partial charge in [-0.3, -0.25) is 9.59 Å². The van der Waals surface area contributed by atoms with Crippen LogP contribution in [0, 0.1) is 0 Å². The highest BCUT2D eigenvalue weighted by Crippen LogP contribution is 2.38. The Hall–Kier alpha value is -2.87. The van der Waals surface area contributed by atoms with Gasteiger partial charge in [-0.2, -0.15) is 0 Å². The lowest BCUT2D eigenvalue weighted by Crippen LogP contribution is -2.24. The summed E-state index contributed by atoms with van der Waals surface area (Å²) in [5.74, 6) is -1.21. The van der Waals surface area contributed by atoms with E-state index in [4.69, 9.17) is 15.2 Å². The number of fused-ring (bicyclic) bond motifs is 1. The minimum Gasteiger partial charge on any atom is -0.482 e. The van der Waals surface area contributed by atoms with Crippen LogP contribution in [0.3, 0.4) is 0 Å². The van der Waals surface area contributed by atoms with Crippen LogP contribution in [0.25, 0.3) is 0 Å². The minimum absolute atomic E-state index is 0.295. The number of primary amides is 1. The predicted octanol–water partition coefficient (Wildman–Crippen LogP) is 1.90. The van der Waals surface area contributed by atoms with Gasteiger partial charge in [0.25, 0.3) is 11.8 Å². The lowest BCUT2D eigenvalue weighted by Gasteiger charge is -2.08. The number of carbonyl (C=O) groups excluding carboxylic acids is 3. The largest absolute Gasteiger partial charge is 0.482 e. The smallest absolute Gasteiger partial charge is 0.344 e. The molecule has 26 heavy (non-hydrogen) atoms. The van der Waals surface area contributed by atoms with Crippen LogP contribution in [0.5, 0.6) is 5.75 Å². The monoisotopic (exact) mass is 374 g/mol. The Balaban J connectivity index is 1.50. The first kappa shape index (κ1) is 17.9. The standard InChI is InChI=1S/C18H18N2O5S/c19-17(23)16-12-7-4-8-13(12)26-18(16)20-14(21)9-25-15(22)10-24-11-5-2-1-3-6-11/h1-3,5-6H,4,7-10H2,(H2,19,23)(H,20,21). The van der Waals surface area contributed by atoms with E-state index in [9.17, 15) is 14.4 Å². The summed E-state index contributed by atoms with van der Waals surface area (Å²) in [7, 11) is 0. The van der Waals surface area contributed by atoms with Crippen LogP contribution < -0.4 is 15.8 Å². The number of carbonyl (C=O) groups is 3. The SMILES string of the molecule is NC(=O)c1c(NC(=O)COC(=O)COc2ccccc2)sc2c1CCC2. The van der Waals surface area contributed by atoms with Gasteiger partial charge in [-0.05, 0) is 37.0 Å². The summed E-state index contributed by atoms with van der Waals surface area (Å²) in [6.45, 7) is -0.755. The molecule has 8 heteroatoms.